The average Bonchev–Trinajstić information content (AvgIpc) is 3.59. The van der Waals surface area contributed by atoms with Gasteiger partial charge in [-0.2, -0.15) is 0 Å². The van der Waals surface area contributed by atoms with Gasteiger partial charge in [0.25, 0.3) is 5.91 Å². The van der Waals surface area contributed by atoms with E-state index in [1.54, 1.807) is 32.7 Å². The SMILES string of the molecule is C=CCNC(=O)C(=O)C(CC1CC1)NC(=O)[C@@H]1C2C(CN1C(=O)[C@H](C1CCCC1)N(C)C(=O)OC(C)(C)C)C2(C)C. The Kier molecular flexibility index (Phi) is 8.90. The molecule has 3 saturated carbocycles. The number of hydrogen-bond donors (Lipinski definition) is 2. The van der Waals surface area contributed by atoms with Crippen LogP contribution >= 0.6 is 0 Å². The standard InChI is InChI=1S/C31H48N4O6/c1-8-15-32-27(38)25(36)21(16-18-13-14-18)33-26(37)24-22-20(31(22,5)6)17-35(24)28(39)23(19-11-9-10-12-19)34(7)29(40)41-30(2,3)4/h8,18-24H,1,9-17H2,2-7H3,(H,32,38)(H,33,37)/t20?,21?,22?,23-,24-/m0/s1. The van der Waals surface area contributed by atoms with Gasteiger partial charge in [0.1, 0.15) is 17.7 Å². The van der Waals surface area contributed by atoms with E-state index in [1.807, 2.05) is 0 Å². The Morgan fingerprint density at radius 1 is 1.10 bits per heavy atom. The zero-order valence-electron chi connectivity index (χ0n) is 25.5. The van der Waals surface area contributed by atoms with Gasteiger partial charge in [0, 0.05) is 20.1 Å². The molecule has 228 valence electrons. The van der Waals surface area contributed by atoms with Crippen molar-refractivity contribution in [3.63, 3.8) is 0 Å². The molecule has 0 spiro atoms. The zero-order chi connectivity index (χ0) is 30.3. The van der Waals surface area contributed by atoms with Crippen LogP contribution in [0.4, 0.5) is 4.79 Å². The number of carbonyl (C=O) groups excluding carboxylic acids is 5. The molecule has 10 heteroatoms. The lowest BCUT2D eigenvalue weighted by Crippen LogP contribution is -2.59. The number of piperidine rings is 1. The van der Waals surface area contributed by atoms with Crippen molar-refractivity contribution >= 4 is 29.6 Å². The van der Waals surface area contributed by atoms with Gasteiger partial charge in [-0.25, -0.2) is 4.79 Å². The molecule has 4 fully saturated rings. The molecule has 3 aliphatic carbocycles. The molecule has 5 atom stereocenters. The minimum atomic E-state index is -0.951. The quantitative estimate of drug-likeness (QED) is 0.290. The van der Waals surface area contributed by atoms with Crippen molar-refractivity contribution in [3.8, 4) is 0 Å². The van der Waals surface area contributed by atoms with Crippen LogP contribution in [0.15, 0.2) is 12.7 Å². The van der Waals surface area contributed by atoms with Crippen molar-refractivity contribution in [2.75, 3.05) is 20.1 Å². The molecule has 1 saturated heterocycles. The Morgan fingerprint density at radius 2 is 1.73 bits per heavy atom. The average molecular weight is 573 g/mol. The normalized spacial score (nSPS) is 26.4. The number of amides is 4. The van der Waals surface area contributed by atoms with E-state index in [0.717, 1.165) is 38.5 Å². The van der Waals surface area contributed by atoms with Crippen molar-refractivity contribution in [1.82, 2.24) is 20.4 Å². The minimum Gasteiger partial charge on any atom is -0.444 e. The first kappa shape index (κ1) is 31.0. The maximum Gasteiger partial charge on any atom is 0.410 e. The van der Waals surface area contributed by atoms with Gasteiger partial charge >= 0.3 is 6.09 Å². The summed E-state index contributed by atoms with van der Waals surface area (Å²) in [6.45, 7) is 13.7. The first-order valence-electron chi connectivity index (χ1n) is 15.2. The first-order valence-corrected chi connectivity index (χ1v) is 15.2. The number of carbonyl (C=O) groups is 5. The Bertz CT molecular complexity index is 1070. The smallest absolute Gasteiger partial charge is 0.410 e. The number of likely N-dealkylation sites (tertiary alicyclic amines) is 1. The van der Waals surface area contributed by atoms with Gasteiger partial charge in [0.05, 0.1) is 6.04 Å². The fourth-order valence-electron chi connectivity index (χ4n) is 6.97. The summed E-state index contributed by atoms with van der Waals surface area (Å²) < 4.78 is 5.62. The highest BCUT2D eigenvalue weighted by atomic mass is 16.6. The first-order chi connectivity index (χ1) is 19.2. The molecule has 1 aliphatic heterocycles. The maximum atomic E-state index is 14.3. The summed E-state index contributed by atoms with van der Waals surface area (Å²) in [7, 11) is 1.61. The van der Waals surface area contributed by atoms with Crippen LogP contribution in [0.2, 0.25) is 0 Å². The zero-order valence-corrected chi connectivity index (χ0v) is 25.5. The van der Waals surface area contributed by atoms with E-state index < -0.39 is 47.4 Å². The summed E-state index contributed by atoms with van der Waals surface area (Å²) in [4.78, 5) is 70.0. The molecule has 0 radical (unpaired) electrons. The topological polar surface area (TPSA) is 125 Å². The van der Waals surface area contributed by atoms with Crippen LogP contribution in [0.25, 0.3) is 0 Å². The van der Waals surface area contributed by atoms with Crippen LogP contribution in [-0.2, 0) is 23.9 Å². The highest BCUT2D eigenvalue weighted by Crippen LogP contribution is 2.65. The fourth-order valence-corrected chi connectivity index (χ4v) is 6.97. The third-order valence-electron chi connectivity index (χ3n) is 9.49. The molecule has 4 rings (SSSR count). The summed E-state index contributed by atoms with van der Waals surface area (Å²) >= 11 is 0. The summed E-state index contributed by atoms with van der Waals surface area (Å²) in [5.41, 5.74) is -0.840. The molecule has 4 aliphatic rings. The van der Waals surface area contributed by atoms with Gasteiger partial charge in [-0.3, -0.25) is 24.1 Å². The number of nitrogens with one attached hydrogen (secondary N) is 2. The lowest BCUT2D eigenvalue weighted by Gasteiger charge is -2.38. The van der Waals surface area contributed by atoms with E-state index in [-0.39, 0.29) is 41.5 Å². The van der Waals surface area contributed by atoms with E-state index in [0.29, 0.717) is 13.0 Å². The second-order valence-electron chi connectivity index (χ2n) is 14.1. The van der Waals surface area contributed by atoms with Crippen LogP contribution in [0.5, 0.6) is 0 Å². The van der Waals surface area contributed by atoms with E-state index in [1.165, 1.54) is 11.0 Å². The summed E-state index contributed by atoms with van der Waals surface area (Å²) in [6.07, 6.45) is 6.86. The van der Waals surface area contributed by atoms with Crippen LogP contribution in [0.1, 0.15) is 79.6 Å². The molecule has 1 heterocycles. The molecule has 0 aromatic rings. The summed E-state index contributed by atoms with van der Waals surface area (Å²) in [5.74, 6) is -1.73. The summed E-state index contributed by atoms with van der Waals surface area (Å²) in [6, 6.07) is -2.46. The molecule has 2 N–H and O–H groups in total. The Hall–Kier alpha value is -2.91. The molecular weight excluding hydrogens is 524 g/mol. The van der Waals surface area contributed by atoms with Crippen LogP contribution in [-0.4, -0.2) is 83.3 Å². The second kappa shape index (κ2) is 11.8. The van der Waals surface area contributed by atoms with Crippen molar-refractivity contribution in [2.45, 2.75) is 103 Å². The third kappa shape index (κ3) is 6.78. The molecule has 0 aromatic carbocycles. The lowest BCUT2D eigenvalue weighted by atomic mass is 9.93. The lowest BCUT2D eigenvalue weighted by molar-refractivity contribution is -0.146. The number of fused-ring (bicyclic) bond motifs is 1. The molecule has 0 aromatic heterocycles. The van der Waals surface area contributed by atoms with Gasteiger partial charge in [-0.15, -0.1) is 6.58 Å². The highest BCUT2D eigenvalue weighted by molar-refractivity contribution is 6.38. The van der Waals surface area contributed by atoms with E-state index in [2.05, 4.69) is 31.1 Å². The number of rotatable bonds is 11. The van der Waals surface area contributed by atoms with Crippen molar-refractivity contribution in [2.24, 2.45) is 29.1 Å². The van der Waals surface area contributed by atoms with Crippen molar-refractivity contribution < 1.29 is 28.7 Å². The molecule has 4 amide bonds. The molecular formula is C31H48N4O6. The Morgan fingerprint density at radius 3 is 2.29 bits per heavy atom. The second-order valence-corrected chi connectivity index (χ2v) is 14.1. The van der Waals surface area contributed by atoms with Crippen LogP contribution in [0.3, 0.4) is 0 Å². The summed E-state index contributed by atoms with van der Waals surface area (Å²) in [5, 5.41) is 5.40. The van der Waals surface area contributed by atoms with Gasteiger partial charge in [-0.05, 0) is 69.1 Å². The van der Waals surface area contributed by atoms with E-state index >= 15 is 0 Å². The predicted molar refractivity (Wildman–Crippen MR) is 153 cm³/mol. The molecule has 0 bridgehead atoms. The minimum absolute atomic E-state index is 0.0218. The molecule has 10 nitrogen and oxygen atoms in total. The number of hydrogen-bond acceptors (Lipinski definition) is 6. The van der Waals surface area contributed by atoms with Gasteiger partial charge < -0.3 is 20.3 Å². The Balaban J connectivity index is 1.57. The number of ether oxygens (including phenoxy) is 1. The highest BCUT2D eigenvalue weighted by Gasteiger charge is 2.70. The van der Waals surface area contributed by atoms with Crippen molar-refractivity contribution in [1.29, 1.82) is 0 Å². The largest absolute Gasteiger partial charge is 0.444 e. The number of Topliss-reactive ketones (excluding diaryl/α,β-unsaturated/α-hetero) is 1. The fraction of sp³-hybridized carbons (Fsp3) is 0.774. The Labute approximate surface area is 244 Å². The number of nitrogens with zero attached hydrogens (tertiary/aromatic N) is 2. The van der Waals surface area contributed by atoms with Gasteiger partial charge in [-0.1, -0.05) is 45.6 Å². The van der Waals surface area contributed by atoms with Gasteiger partial charge in [0.15, 0.2) is 0 Å². The van der Waals surface area contributed by atoms with Crippen LogP contribution in [0, 0.1) is 29.1 Å². The van der Waals surface area contributed by atoms with E-state index in [4.69, 9.17) is 4.74 Å². The maximum absolute atomic E-state index is 14.3. The molecule has 3 unspecified atom stereocenters. The number of ketones is 1. The van der Waals surface area contributed by atoms with E-state index in [9.17, 15) is 24.0 Å². The third-order valence-corrected chi connectivity index (χ3v) is 9.49. The van der Waals surface area contributed by atoms with Gasteiger partial charge in [0.2, 0.25) is 17.6 Å². The van der Waals surface area contributed by atoms with Crippen LogP contribution < -0.4 is 10.6 Å². The monoisotopic (exact) mass is 572 g/mol. The van der Waals surface area contributed by atoms with Crippen molar-refractivity contribution in [3.05, 3.63) is 12.7 Å². The molecule has 41 heavy (non-hydrogen) atoms. The predicted octanol–water partition coefficient (Wildman–Crippen LogP) is 3.05. The number of likely N-dealkylation sites (N-methyl/N-ethyl adjacent to an activating group) is 1.